The van der Waals surface area contributed by atoms with E-state index >= 15 is 0 Å². The number of amidine groups is 1. The van der Waals surface area contributed by atoms with E-state index in [1.165, 1.54) is 12.1 Å². The molecular weight excluding hydrogens is 205 g/mol. The van der Waals surface area contributed by atoms with Crippen LogP contribution < -0.4 is 5.73 Å². The minimum Gasteiger partial charge on any atom is -0.353 e. The summed E-state index contributed by atoms with van der Waals surface area (Å²) in [4.78, 5) is 6.59. The molecular formula is C12H16FN3. The number of hydrogen-bond acceptors (Lipinski definition) is 3. The van der Waals surface area contributed by atoms with Crippen molar-refractivity contribution < 1.29 is 4.39 Å². The first-order valence-electron chi connectivity index (χ1n) is 5.48. The summed E-state index contributed by atoms with van der Waals surface area (Å²) in [7, 11) is 0. The molecule has 0 aromatic heterocycles. The van der Waals surface area contributed by atoms with Crippen molar-refractivity contribution in [1.29, 1.82) is 0 Å². The fourth-order valence-corrected chi connectivity index (χ4v) is 1.88. The Labute approximate surface area is 94.8 Å². The van der Waals surface area contributed by atoms with Crippen LogP contribution in [0.5, 0.6) is 0 Å². The Balaban J connectivity index is 2.16. The molecule has 0 amide bonds. The molecule has 2 N–H and O–H groups in total. The summed E-state index contributed by atoms with van der Waals surface area (Å²) in [5, 5.41) is 0. The maximum Gasteiger partial charge on any atom is 0.131 e. The Bertz CT molecular complexity index is 384. The average Bonchev–Trinajstić information content (AvgIpc) is 2.66. The van der Waals surface area contributed by atoms with Crippen LogP contribution >= 0.6 is 0 Å². The van der Waals surface area contributed by atoms with Crippen LogP contribution in [0.25, 0.3) is 0 Å². The molecule has 0 fully saturated rings. The predicted octanol–water partition coefficient (Wildman–Crippen LogP) is 1.24. The van der Waals surface area contributed by atoms with Gasteiger partial charge >= 0.3 is 0 Å². The standard InChI is InChI=1S/C12H16FN3/c1-9(14)8-16-7-6-15-12(16)10-2-4-11(13)5-3-10/h2-5,9H,6-8,14H2,1H3. The quantitative estimate of drug-likeness (QED) is 0.834. The van der Waals surface area contributed by atoms with E-state index < -0.39 is 0 Å². The lowest BCUT2D eigenvalue weighted by Gasteiger charge is -2.22. The molecule has 1 aromatic rings. The summed E-state index contributed by atoms with van der Waals surface area (Å²) < 4.78 is 12.8. The number of hydrogen-bond donors (Lipinski definition) is 1. The second kappa shape index (κ2) is 4.61. The van der Waals surface area contributed by atoms with Crippen molar-refractivity contribution >= 4 is 5.84 Å². The first kappa shape index (κ1) is 11.1. The molecule has 2 rings (SSSR count). The van der Waals surface area contributed by atoms with E-state index in [1.54, 1.807) is 12.1 Å². The Morgan fingerprint density at radius 1 is 1.44 bits per heavy atom. The average molecular weight is 221 g/mol. The molecule has 0 radical (unpaired) electrons. The summed E-state index contributed by atoms with van der Waals surface area (Å²) in [6, 6.07) is 6.55. The van der Waals surface area contributed by atoms with Crippen LogP contribution in [0.1, 0.15) is 12.5 Å². The van der Waals surface area contributed by atoms with Crippen molar-refractivity contribution in [3.05, 3.63) is 35.6 Å². The first-order valence-corrected chi connectivity index (χ1v) is 5.48. The minimum absolute atomic E-state index is 0.115. The van der Waals surface area contributed by atoms with Gasteiger partial charge in [-0.05, 0) is 31.2 Å². The Morgan fingerprint density at radius 2 is 2.12 bits per heavy atom. The first-order chi connectivity index (χ1) is 7.66. The molecule has 1 unspecified atom stereocenters. The van der Waals surface area contributed by atoms with Gasteiger partial charge in [0.05, 0.1) is 6.54 Å². The van der Waals surface area contributed by atoms with Crippen molar-refractivity contribution in [3.8, 4) is 0 Å². The van der Waals surface area contributed by atoms with E-state index in [1.807, 2.05) is 6.92 Å². The highest BCUT2D eigenvalue weighted by molar-refractivity contribution is 5.99. The van der Waals surface area contributed by atoms with Crippen molar-refractivity contribution in [2.75, 3.05) is 19.6 Å². The highest BCUT2D eigenvalue weighted by atomic mass is 19.1. The van der Waals surface area contributed by atoms with E-state index in [0.717, 1.165) is 31.0 Å². The molecule has 16 heavy (non-hydrogen) atoms. The smallest absolute Gasteiger partial charge is 0.131 e. The summed E-state index contributed by atoms with van der Waals surface area (Å²) in [6.45, 7) is 4.45. The van der Waals surface area contributed by atoms with Gasteiger partial charge in [0.25, 0.3) is 0 Å². The normalized spacial score (nSPS) is 17.4. The molecule has 86 valence electrons. The Kier molecular flexibility index (Phi) is 3.19. The number of halogens is 1. The molecule has 0 saturated heterocycles. The molecule has 1 heterocycles. The summed E-state index contributed by atoms with van der Waals surface area (Å²) in [5.41, 5.74) is 6.74. The van der Waals surface area contributed by atoms with Gasteiger partial charge in [0.1, 0.15) is 11.7 Å². The molecule has 0 aliphatic carbocycles. The lowest BCUT2D eigenvalue weighted by molar-refractivity contribution is 0.426. The fraction of sp³-hybridized carbons (Fsp3) is 0.417. The van der Waals surface area contributed by atoms with Crippen LogP contribution in [0.3, 0.4) is 0 Å². The van der Waals surface area contributed by atoms with E-state index in [9.17, 15) is 4.39 Å². The van der Waals surface area contributed by atoms with Crippen molar-refractivity contribution in [1.82, 2.24) is 4.90 Å². The highest BCUT2D eigenvalue weighted by Gasteiger charge is 2.19. The number of nitrogens with two attached hydrogens (primary N) is 1. The molecule has 4 heteroatoms. The van der Waals surface area contributed by atoms with Crippen LogP contribution in [0.15, 0.2) is 29.3 Å². The van der Waals surface area contributed by atoms with Crippen molar-refractivity contribution in [2.45, 2.75) is 13.0 Å². The minimum atomic E-state index is -0.221. The molecule has 0 spiro atoms. The van der Waals surface area contributed by atoms with Gasteiger partial charge in [0.15, 0.2) is 0 Å². The predicted molar refractivity (Wildman–Crippen MR) is 63.0 cm³/mol. The van der Waals surface area contributed by atoms with Gasteiger partial charge < -0.3 is 10.6 Å². The van der Waals surface area contributed by atoms with Gasteiger partial charge in [-0.25, -0.2) is 4.39 Å². The third-order valence-corrected chi connectivity index (χ3v) is 2.54. The second-order valence-electron chi connectivity index (χ2n) is 4.14. The third-order valence-electron chi connectivity index (χ3n) is 2.54. The number of benzene rings is 1. The molecule has 1 atom stereocenters. The maximum absolute atomic E-state index is 12.8. The van der Waals surface area contributed by atoms with Crippen LogP contribution in [-0.4, -0.2) is 36.4 Å². The van der Waals surface area contributed by atoms with Crippen LogP contribution in [0, 0.1) is 5.82 Å². The SMILES string of the molecule is CC(N)CN1CCN=C1c1ccc(F)cc1. The van der Waals surface area contributed by atoms with E-state index in [-0.39, 0.29) is 11.9 Å². The number of rotatable bonds is 3. The molecule has 0 saturated carbocycles. The topological polar surface area (TPSA) is 41.6 Å². The van der Waals surface area contributed by atoms with Gasteiger partial charge in [-0.15, -0.1) is 0 Å². The van der Waals surface area contributed by atoms with E-state index in [2.05, 4.69) is 9.89 Å². The zero-order valence-corrected chi connectivity index (χ0v) is 9.36. The summed E-state index contributed by atoms with van der Waals surface area (Å²) in [5.74, 6) is 0.707. The van der Waals surface area contributed by atoms with E-state index in [4.69, 9.17) is 5.73 Å². The molecule has 3 nitrogen and oxygen atoms in total. The number of nitrogens with zero attached hydrogens (tertiary/aromatic N) is 2. The van der Waals surface area contributed by atoms with Crippen molar-refractivity contribution in [3.63, 3.8) is 0 Å². The molecule has 1 aliphatic rings. The maximum atomic E-state index is 12.8. The monoisotopic (exact) mass is 221 g/mol. The Hall–Kier alpha value is -1.42. The summed E-state index contributed by atoms with van der Waals surface area (Å²) in [6.07, 6.45) is 0. The zero-order valence-electron chi connectivity index (χ0n) is 9.36. The summed E-state index contributed by atoms with van der Waals surface area (Å²) >= 11 is 0. The number of aliphatic imine (C=N–C) groups is 1. The van der Waals surface area contributed by atoms with Crippen LogP contribution in [0.2, 0.25) is 0 Å². The van der Waals surface area contributed by atoms with Gasteiger partial charge in [0.2, 0.25) is 0 Å². The molecule has 0 bridgehead atoms. The third kappa shape index (κ3) is 2.39. The molecule has 1 aliphatic heterocycles. The van der Waals surface area contributed by atoms with Crippen LogP contribution in [0.4, 0.5) is 4.39 Å². The van der Waals surface area contributed by atoms with Gasteiger partial charge in [-0.1, -0.05) is 0 Å². The van der Waals surface area contributed by atoms with Gasteiger partial charge in [-0.3, -0.25) is 4.99 Å². The molecule has 1 aromatic carbocycles. The zero-order chi connectivity index (χ0) is 11.5. The largest absolute Gasteiger partial charge is 0.353 e. The van der Waals surface area contributed by atoms with Crippen molar-refractivity contribution in [2.24, 2.45) is 10.7 Å². The Morgan fingerprint density at radius 3 is 2.75 bits per heavy atom. The van der Waals surface area contributed by atoms with Gasteiger partial charge in [0, 0.05) is 24.7 Å². The van der Waals surface area contributed by atoms with Gasteiger partial charge in [-0.2, -0.15) is 0 Å². The fourth-order valence-electron chi connectivity index (χ4n) is 1.88. The second-order valence-corrected chi connectivity index (χ2v) is 4.14. The lowest BCUT2D eigenvalue weighted by Crippen LogP contribution is -2.38. The van der Waals surface area contributed by atoms with Crippen LogP contribution in [-0.2, 0) is 0 Å². The van der Waals surface area contributed by atoms with E-state index in [0.29, 0.717) is 0 Å². The lowest BCUT2D eigenvalue weighted by atomic mass is 10.2. The highest BCUT2D eigenvalue weighted by Crippen LogP contribution is 2.12.